The molecule has 4 nitrogen and oxygen atoms in total. The van der Waals surface area contributed by atoms with Crippen molar-refractivity contribution in [2.75, 3.05) is 0 Å². The van der Waals surface area contributed by atoms with Gasteiger partial charge in [-0.25, -0.2) is 14.5 Å². The SMILES string of the molecule is c1ccc(-c2nc3ccccc3c3cc(-c4ccc(-c5ccc(-c6ccc(-c7nc8ccccc8c8c7ccc7ccccc78)cc6)cc5)cc4)nn23)cc1. The summed E-state index contributed by atoms with van der Waals surface area (Å²) in [5.41, 5.74) is 12.8. The Morgan fingerprint density at radius 1 is 0.345 bits per heavy atom. The minimum absolute atomic E-state index is 0.833. The van der Waals surface area contributed by atoms with Gasteiger partial charge in [0.2, 0.25) is 0 Å². The van der Waals surface area contributed by atoms with Crippen molar-refractivity contribution in [3.8, 4) is 56.2 Å². The summed E-state index contributed by atoms with van der Waals surface area (Å²) in [4.78, 5) is 10.2. The maximum absolute atomic E-state index is 5.18. The summed E-state index contributed by atoms with van der Waals surface area (Å²) in [7, 11) is 0. The first-order chi connectivity index (χ1) is 27.2. The van der Waals surface area contributed by atoms with E-state index in [4.69, 9.17) is 15.1 Å². The van der Waals surface area contributed by atoms with E-state index in [9.17, 15) is 0 Å². The number of hydrogen-bond donors (Lipinski definition) is 0. The number of aromatic nitrogens is 4. The topological polar surface area (TPSA) is 43.1 Å². The van der Waals surface area contributed by atoms with Crippen LogP contribution in [0.3, 0.4) is 0 Å². The first kappa shape index (κ1) is 31.1. The molecular weight excluding hydrogens is 669 g/mol. The Balaban J connectivity index is 0.891. The number of para-hydroxylation sites is 2. The molecule has 3 heterocycles. The standard InChI is InChI=1S/C51H32N4/c1-2-11-40(12-3-1)51-53-45-16-8-6-14-42(45)48-32-47(54-55(48)51)38-26-22-35(23-27-38)33-18-20-34(21-19-33)36-24-28-39(29-25-36)50-44-31-30-37-10-4-5-13-41(37)49(44)43-15-7-9-17-46(43)52-50/h1-32H. The number of benzene rings is 8. The zero-order chi connectivity index (χ0) is 36.3. The molecular formula is C51H32N4. The van der Waals surface area contributed by atoms with E-state index in [1.165, 1.54) is 43.6 Å². The van der Waals surface area contributed by atoms with Crippen molar-refractivity contribution >= 4 is 48.9 Å². The summed E-state index contributed by atoms with van der Waals surface area (Å²) in [5, 5.41) is 12.3. The number of fused-ring (bicyclic) bond motifs is 8. The lowest BCUT2D eigenvalue weighted by Gasteiger charge is -2.13. The lowest BCUT2D eigenvalue weighted by molar-refractivity contribution is 0.949. The van der Waals surface area contributed by atoms with E-state index < -0.39 is 0 Å². The van der Waals surface area contributed by atoms with E-state index in [0.29, 0.717) is 0 Å². The lowest BCUT2D eigenvalue weighted by atomic mass is 9.94. The molecule has 0 saturated heterocycles. The number of rotatable bonds is 5. The van der Waals surface area contributed by atoms with Gasteiger partial charge in [0.15, 0.2) is 5.82 Å². The van der Waals surface area contributed by atoms with E-state index in [1.807, 2.05) is 28.8 Å². The third-order valence-corrected chi connectivity index (χ3v) is 10.8. The number of nitrogens with zero attached hydrogens (tertiary/aromatic N) is 4. The second-order valence-corrected chi connectivity index (χ2v) is 14.1. The molecule has 0 aliphatic rings. The fourth-order valence-corrected chi connectivity index (χ4v) is 8.05. The minimum Gasteiger partial charge on any atom is -0.247 e. The molecule has 0 atom stereocenters. The van der Waals surface area contributed by atoms with Crippen LogP contribution >= 0.6 is 0 Å². The smallest absolute Gasteiger partial charge is 0.161 e. The number of hydrogen-bond acceptors (Lipinski definition) is 3. The molecule has 0 N–H and O–H groups in total. The third-order valence-electron chi connectivity index (χ3n) is 10.8. The van der Waals surface area contributed by atoms with Gasteiger partial charge in [-0.1, -0.05) is 176 Å². The van der Waals surface area contributed by atoms with Gasteiger partial charge in [0.05, 0.1) is 27.9 Å². The van der Waals surface area contributed by atoms with Gasteiger partial charge in [-0.05, 0) is 51.2 Å². The van der Waals surface area contributed by atoms with Crippen LogP contribution in [0.1, 0.15) is 0 Å². The van der Waals surface area contributed by atoms with Gasteiger partial charge in [-0.15, -0.1) is 0 Å². The van der Waals surface area contributed by atoms with Crippen molar-refractivity contribution in [2.45, 2.75) is 0 Å². The molecule has 0 radical (unpaired) electrons. The highest BCUT2D eigenvalue weighted by atomic mass is 15.3. The van der Waals surface area contributed by atoms with E-state index in [2.05, 4.69) is 170 Å². The van der Waals surface area contributed by atoms with Crippen LogP contribution in [0.5, 0.6) is 0 Å². The van der Waals surface area contributed by atoms with Gasteiger partial charge < -0.3 is 0 Å². The van der Waals surface area contributed by atoms with Gasteiger partial charge in [-0.3, -0.25) is 0 Å². The van der Waals surface area contributed by atoms with Gasteiger partial charge in [-0.2, -0.15) is 5.10 Å². The van der Waals surface area contributed by atoms with Crippen LogP contribution in [0.25, 0.3) is 105 Å². The highest BCUT2D eigenvalue weighted by molar-refractivity contribution is 6.22. The summed E-state index contributed by atoms with van der Waals surface area (Å²) in [6.07, 6.45) is 0. The molecule has 0 bridgehead atoms. The van der Waals surface area contributed by atoms with Crippen molar-refractivity contribution in [1.29, 1.82) is 0 Å². The largest absolute Gasteiger partial charge is 0.247 e. The zero-order valence-electron chi connectivity index (χ0n) is 29.8. The monoisotopic (exact) mass is 700 g/mol. The second-order valence-electron chi connectivity index (χ2n) is 14.1. The highest BCUT2D eigenvalue weighted by Gasteiger charge is 2.16. The van der Waals surface area contributed by atoms with Crippen molar-refractivity contribution in [3.63, 3.8) is 0 Å². The lowest BCUT2D eigenvalue weighted by Crippen LogP contribution is -1.99. The van der Waals surface area contributed by atoms with Gasteiger partial charge in [0, 0.05) is 38.2 Å². The Bertz CT molecular complexity index is 3200. The van der Waals surface area contributed by atoms with Crippen LogP contribution in [0.15, 0.2) is 194 Å². The molecule has 0 aliphatic heterocycles. The molecule has 4 heteroatoms. The van der Waals surface area contributed by atoms with Crippen LogP contribution in [-0.2, 0) is 0 Å². The van der Waals surface area contributed by atoms with E-state index in [1.54, 1.807) is 0 Å². The molecule has 0 unspecified atom stereocenters. The van der Waals surface area contributed by atoms with Crippen LogP contribution in [0, 0.1) is 0 Å². The van der Waals surface area contributed by atoms with Crippen LogP contribution < -0.4 is 0 Å². The Labute approximate surface area is 317 Å². The quantitative estimate of drug-likeness (QED) is 0.168. The molecule has 55 heavy (non-hydrogen) atoms. The average Bonchev–Trinajstić information content (AvgIpc) is 3.72. The molecule has 0 spiro atoms. The molecule has 11 rings (SSSR count). The van der Waals surface area contributed by atoms with Crippen molar-refractivity contribution in [2.24, 2.45) is 0 Å². The molecule has 3 aromatic heterocycles. The molecule has 256 valence electrons. The summed E-state index contributed by atoms with van der Waals surface area (Å²) in [6.45, 7) is 0. The van der Waals surface area contributed by atoms with Gasteiger partial charge in [0.25, 0.3) is 0 Å². The number of pyridine rings is 1. The average molecular weight is 701 g/mol. The summed E-state index contributed by atoms with van der Waals surface area (Å²) in [5.74, 6) is 0.833. The molecule has 0 fully saturated rings. The Hall–Kier alpha value is -7.43. The van der Waals surface area contributed by atoms with E-state index in [0.717, 1.165) is 61.4 Å². The Kier molecular flexibility index (Phi) is 7.14. The van der Waals surface area contributed by atoms with Gasteiger partial charge in [0.1, 0.15) is 0 Å². The van der Waals surface area contributed by atoms with E-state index in [-0.39, 0.29) is 0 Å². The first-order valence-electron chi connectivity index (χ1n) is 18.6. The normalized spacial score (nSPS) is 11.6. The fraction of sp³-hybridized carbons (Fsp3) is 0. The maximum atomic E-state index is 5.18. The van der Waals surface area contributed by atoms with Crippen molar-refractivity contribution < 1.29 is 0 Å². The molecule has 8 aromatic carbocycles. The third kappa shape index (κ3) is 5.26. The van der Waals surface area contributed by atoms with Crippen LogP contribution in [0.4, 0.5) is 0 Å². The Morgan fingerprint density at radius 2 is 0.873 bits per heavy atom. The predicted octanol–water partition coefficient (Wildman–Crippen LogP) is 13.1. The minimum atomic E-state index is 0.833. The van der Waals surface area contributed by atoms with Crippen LogP contribution in [0.2, 0.25) is 0 Å². The second kappa shape index (κ2) is 12.6. The van der Waals surface area contributed by atoms with Crippen molar-refractivity contribution in [1.82, 2.24) is 19.6 Å². The zero-order valence-corrected chi connectivity index (χ0v) is 29.8. The summed E-state index contributed by atoms with van der Waals surface area (Å²) < 4.78 is 1.98. The first-order valence-corrected chi connectivity index (χ1v) is 18.6. The molecule has 0 saturated carbocycles. The summed E-state index contributed by atoms with van der Waals surface area (Å²) >= 11 is 0. The highest BCUT2D eigenvalue weighted by Crippen LogP contribution is 2.38. The van der Waals surface area contributed by atoms with Gasteiger partial charge >= 0.3 is 0 Å². The molecule has 0 amide bonds. The van der Waals surface area contributed by atoms with Crippen molar-refractivity contribution in [3.05, 3.63) is 194 Å². The maximum Gasteiger partial charge on any atom is 0.161 e. The summed E-state index contributed by atoms with van der Waals surface area (Å²) in [6, 6.07) is 68.6. The molecule has 11 aromatic rings. The van der Waals surface area contributed by atoms with E-state index >= 15 is 0 Å². The molecule has 0 aliphatic carbocycles. The van der Waals surface area contributed by atoms with Crippen LogP contribution in [-0.4, -0.2) is 19.6 Å². The predicted molar refractivity (Wildman–Crippen MR) is 228 cm³/mol. The fourth-order valence-electron chi connectivity index (χ4n) is 8.05. The Morgan fingerprint density at radius 3 is 1.55 bits per heavy atom.